The van der Waals surface area contributed by atoms with E-state index in [0.29, 0.717) is 17.5 Å². The fourth-order valence-corrected chi connectivity index (χ4v) is 2.08. The lowest BCUT2D eigenvalue weighted by Gasteiger charge is -2.20. The molecule has 106 valence electrons. The van der Waals surface area contributed by atoms with Crippen molar-refractivity contribution in [2.24, 2.45) is 0 Å². The van der Waals surface area contributed by atoms with E-state index in [1.165, 1.54) is 0 Å². The summed E-state index contributed by atoms with van der Waals surface area (Å²) in [4.78, 5) is 16.0. The van der Waals surface area contributed by atoms with Crippen molar-refractivity contribution in [1.82, 2.24) is 9.80 Å². The van der Waals surface area contributed by atoms with Crippen molar-refractivity contribution in [2.45, 2.75) is 0 Å². The van der Waals surface area contributed by atoms with E-state index in [-0.39, 0.29) is 11.7 Å². The second kappa shape index (κ2) is 5.92. The Morgan fingerprint density at radius 1 is 1.05 bits per heavy atom. The zero-order valence-corrected chi connectivity index (χ0v) is 12.1. The van der Waals surface area contributed by atoms with Crippen LogP contribution in [0, 0.1) is 0 Å². The molecule has 0 fully saturated rings. The maximum absolute atomic E-state index is 12.4. The van der Waals surface area contributed by atoms with Crippen LogP contribution in [0.3, 0.4) is 0 Å². The van der Waals surface area contributed by atoms with Gasteiger partial charge in [0.2, 0.25) is 0 Å². The summed E-state index contributed by atoms with van der Waals surface area (Å²) in [5.74, 6) is -0.0973. The van der Waals surface area contributed by atoms with Crippen LogP contribution in [0.4, 0.5) is 0 Å². The monoisotopic (exact) mass is 272 g/mol. The third-order valence-electron chi connectivity index (χ3n) is 3.36. The largest absolute Gasteiger partial charge is 0.506 e. The molecule has 0 bridgehead atoms. The van der Waals surface area contributed by atoms with Gasteiger partial charge in [0.25, 0.3) is 5.91 Å². The minimum absolute atomic E-state index is 0.0600. The molecular weight excluding hydrogens is 252 g/mol. The van der Waals surface area contributed by atoms with Crippen molar-refractivity contribution in [3.63, 3.8) is 0 Å². The molecule has 0 heterocycles. The number of rotatable bonds is 4. The van der Waals surface area contributed by atoms with Crippen molar-refractivity contribution in [3.8, 4) is 5.75 Å². The van der Waals surface area contributed by atoms with Gasteiger partial charge in [0, 0.05) is 25.5 Å². The molecule has 2 aromatic carbocycles. The van der Waals surface area contributed by atoms with Crippen molar-refractivity contribution in [3.05, 3.63) is 42.0 Å². The van der Waals surface area contributed by atoms with Crippen LogP contribution in [-0.2, 0) is 0 Å². The van der Waals surface area contributed by atoms with Gasteiger partial charge in [-0.2, -0.15) is 0 Å². The first-order chi connectivity index (χ1) is 9.50. The van der Waals surface area contributed by atoms with Crippen LogP contribution < -0.4 is 0 Å². The van der Waals surface area contributed by atoms with E-state index in [1.54, 1.807) is 18.0 Å². The van der Waals surface area contributed by atoms with Gasteiger partial charge >= 0.3 is 0 Å². The van der Waals surface area contributed by atoms with Gasteiger partial charge in [-0.05, 0) is 25.5 Å². The molecule has 0 aliphatic heterocycles. The summed E-state index contributed by atoms with van der Waals surface area (Å²) >= 11 is 0. The minimum Gasteiger partial charge on any atom is -0.506 e. The first-order valence-electron chi connectivity index (χ1n) is 6.61. The van der Waals surface area contributed by atoms with Gasteiger partial charge in [0.05, 0.1) is 5.56 Å². The van der Waals surface area contributed by atoms with Gasteiger partial charge in [0.15, 0.2) is 0 Å². The van der Waals surface area contributed by atoms with Crippen molar-refractivity contribution >= 4 is 16.7 Å². The molecule has 2 rings (SSSR count). The number of phenolic OH excluding ortho intramolecular Hbond substituents is 1. The lowest BCUT2D eigenvalue weighted by molar-refractivity contribution is 0.0783. The lowest BCUT2D eigenvalue weighted by atomic mass is 10.0. The Hall–Kier alpha value is -2.07. The van der Waals surface area contributed by atoms with Crippen LogP contribution in [0.2, 0.25) is 0 Å². The van der Waals surface area contributed by atoms with E-state index in [0.717, 1.165) is 11.9 Å². The summed E-state index contributed by atoms with van der Waals surface area (Å²) in [6.07, 6.45) is 0. The molecule has 20 heavy (non-hydrogen) atoms. The van der Waals surface area contributed by atoms with Crippen LogP contribution in [0.1, 0.15) is 10.4 Å². The molecule has 0 spiro atoms. The topological polar surface area (TPSA) is 43.8 Å². The number of likely N-dealkylation sites (N-methyl/N-ethyl adjacent to an activating group) is 2. The quantitative estimate of drug-likeness (QED) is 0.927. The summed E-state index contributed by atoms with van der Waals surface area (Å²) in [6, 6.07) is 11.0. The van der Waals surface area contributed by atoms with E-state index in [1.807, 2.05) is 49.3 Å². The molecule has 1 N–H and O–H groups in total. The Balaban J connectivity index is 2.28. The highest BCUT2D eigenvalue weighted by Crippen LogP contribution is 2.29. The highest BCUT2D eigenvalue weighted by Gasteiger charge is 2.17. The van der Waals surface area contributed by atoms with Crippen molar-refractivity contribution in [1.29, 1.82) is 0 Å². The Bertz CT molecular complexity index is 623. The van der Waals surface area contributed by atoms with Crippen LogP contribution in [0.25, 0.3) is 10.8 Å². The van der Waals surface area contributed by atoms with E-state index < -0.39 is 0 Å². The molecule has 1 amide bonds. The summed E-state index contributed by atoms with van der Waals surface area (Å²) in [7, 11) is 5.68. The maximum Gasteiger partial charge on any atom is 0.257 e. The van der Waals surface area contributed by atoms with Gasteiger partial charge in [0.1, 0.15) is 5.75 Å². The molecule has 0 radical (unpaired) electrons. The molecule has 4 heteroatoms. The lowest BCUT2D eigenvalue weighted by Crippen LogP contribution is -2.33. The first-order valence-corrected chi connectivity index (χ1v) is 6.61. The molecular formula is C16H20N2O2. The first kappa shape index (κ1) is 14.3. The van der Waals surface area contributed by atoms with E-state index in [4.69, 9.17) is 0 Å². The third-order valence-corrected chi connectivity index (χ3v) is 3.36. The standard InChI is InChI=1S/C16H20N2O2/c1-17(2)10-11-18(3)16(20)14-9-8-12-6-4-5-7-13(12)15(14)19/h4-9,19H,10-11H2,1-3H3. The normalized spacial score (nSPS) is 11.0. The van der Waals surface area contributed by atoms with E-state index in [9.17, 15) is 9.90 Å². The zero-order valence-electron chi connectivity index (χ0n) is 12.1. The van der Waals surface area contributed by atoms with Crippen LogP contribution >= 0.6 is 0 Å². The molecule has 4 nitrogen and oxygen atoms in total. The molecule has 0 saturated carbocycles. The summed E-state index contributed by atoms with van der Waals surface area (Å²) in [5.41, 5.74) is 0.352. The fraction of sp³-hybridized carbons (Fsp3) is 0.312. The summed E-state index contributed by atoms with van der Waals surface area (Å²) < 4.78 is 0. The molecule has 0 saturated heterocycles. The number of benzene rings is 2. The molecule has 0 aliphatic rings. The minimum atomic E-state index is -0.157. The van der Waals surface area contributed by atoms with Gasteiger partial charge in [-0.25, -0.2) is 0 Å². The molecule has 0 atom stereocenters. The summed E-state index contributed by atoms with van der Waals surface area (Å²) in [5, 5.41) is 11.9. The maximum atomic E-state index is 12.4. The number of phenols is 1. The predicted octanol–water partition coefficient (Wildman–Crippen LogP) is 2.18. The highest BCUT2D eigenvalue weighted by atomic mass is 16.3. The van der Waals surface area contributed by atoms with Gasteiger partial charge in [-0.15, -0.1) is 0 Å². The number of carbonyl (C=O) groups is 1. The Morgan fingerprint density at radius 2 is 1.75 bits per heavy atom. The average molecular weight is 272 g/mol. The number of carbonyl (C=O) groups excluding carboxylic acids is 1. The third kappa shape index (κ3) is 2.91. The number of hydrogen-bond donors (Lipinski definition) is 1. The smallest absolute Gasteiger partial charge is 0.257 e. The van der Waals surface area contributed by atoms with Crippen LogP contribution in [0.5, 0.6) is 5.75 Å². The van der Waals surface area contributed by atoms with E-state index >= 15 is 0 Å². The molecule has 0 aromatic heterocycles. The van der Waals surface area contributed by atoms with Gasteiger partial charge in [-0.3, -0.25) is 4.79 Å². The number of hydrogen-bond acceptors (Lipinski definition) is 3. The van der Waals surface area contributed by atoms with Crippen LogP contribution in [-0.4, -0.2) is 55.0 Å². The average Bonchev–Trinajstić information content (AvgIpc) is 2.44. The number of aromatic hydroxyl groups is 1. The zero-order chi connectivity index (χ0) is 14.7. The number of amides is 1. The van der Waals surface area contributed by atoms with Crippen LogP contribution in [0.15, 0.2) is 36.4 Å². The van der Waals surface area contributed by atoms with E-state index in [2.05, 4.69) is 0 Å². The predicted molar refractivity (Wildman–Crippen MR) is 81.1 cm³/mol. The number of fused-ring (bicyclic) bond motifs is 1. The van der Waals surface area contributed by atoms with Crippen molar-refractivity contribution < 1.29 is 9.90 Å². The summed E-state index contributed by atoms with van der Waals surface area (Å²) in [6.45, 7) is 1.41. The molecule has 0 unspecified atom stereocenters. The van der Waals surface area contributed by atoms with Gasteiger partial charge in [-0.1, -0.05) is 30.3 Å². The second-order valence-electron chi connectivity index (χ2n) is 5.21. The Morgan fingerprint density at radius 3 is 2.45 bits per heavy atom. The van der Waals surface area contributed by atoms with Crippen molar-refractivity contribution in [2.75, 3.05) is 34.2 Å². The van der Waals surface area contributed by atoms with Gasteiger partial charge < -0.3 is 14.9 Å². The molecule has 2 aromatic rings. The SMILES string of the molecule is CN(C)CCN(C)C(=O)c1ccc2ccccc2c1O. The molecule has 0 aliphatic carbocycles. The second-order valence-corrected chi connectivity index (χ2v) is 5.21. The Labute approximate surface area is 119 Å². The Kier molecular flexibility index (Phi) is 4.25. The number of nitrogens with zero attached hydrogens (tertiary/aromatic N) is 2. The highest BCUT2D eigenvalue weighted by molar-refractivity contribution is 6.03. The fourth-order valence-electron chi connectivity index (χ4n) is 2.08.